The van der Waals surface area contributed by atoms with Gasteiger partial charge >= 0.3 is 0 Å². The average Bonchev–Trinajstić information content (AvgIpc) is 3.21. The molecule has 0 saturated carbocycles. The van der Waals surface area contributed by atoms with E-state index < -0.39 is 0 Å². The molecule has 2 aromatic carbocycles. The predicted molar refractivity (Wildman–Crippen MR) is 123 cm³/mol. The smallest absolute Gasteiger partial charge is 0.267 e. The summed E-state index contributed by atoms with van der Waals surface area (Å²) < 4.78 is 11.4. The van der Waals surface area contributed by atoms with Gasteiger partial charge in [0.05, 0.1) is 0 Å². The van der Waals surface area contributed by atoms with E-state index in [9.17, 15) is 4.79 Å². The van der Waals surface area contributed by atoms with Gasteiger partial charge in [-0.05, 0) is 62.2 Å². The molecule has 0 aliphatic carbocycles. The molecule has 1 aliphatic rings. The van der Waals surface area contributed by atoms with Crippen molar-refractivity contribution in [3.05, 3.63) is 65.4 Å². The number of aromatic nitrogens is 1. The minimum absolute atomic E-state index is 0.113. The predicted octanol–water partition coefficient (Wildman–Crippen LogP) is 3.90. The molecule has 1 amide bonds. The quantitative estimate of drug-likeness (QED) is 0.579. The Kier molecular flexibility index (Phi) is 6.89. The Morgan fingerprint density at radius 2 is 2.03 bits per heavy atom. The van der Waals surface area contributed by atoms with Gasteiger partial charge in [-0.3, -0.25) is 9.69 Å². The van der Waals surface area contributed by atoms with E-state index in [2.05, 4.69) is 22.2 Å². The summed E-state index contributed by atoms with van der Waals surface area (Å²) in [4.78, 5) is 18.1. The Labute approximate surface area is 183 Å². The lowest BCUT2D eigenvalue weighted by Crippen LogP contribution is -2.38. The van der Waals surface area contributed by atoms with Gasteiger partial charge in [0.1, 0.15) is 18.1 Å². The number of hydrogen-bond acceptors (Lipinski definition) is 4. The van der Waals surface area contributed by atoms with Gasteiger partial charge in [-0.15, -0.1) is 0 Å². The molecule has 0 atom stereocenters. The molecule has 0 bridgehead atoms. The summed E-state index contributed by atoms with van der Waals surface area (Å²) in [6, 6.07) is 16.5. The fourth-order valence-electron chi connectivity index (χ4n) is 4.00. The number of aryl methyl sites for hydroxylation is 1. The number of nitrogens with one attached hydrogen (secondary N) is 2. The van der Waals surface area contributed by atoms with Gasteiger partial charge in [0.2, 0.25) is 0 Å². The minimum Gasteiger partial charge on any atom is -0.492 e. The molecule has 6 heteroatoms. The van der Waals surface area contributed by atoms with Crippen molar-refractivity contribution in [1.29, 1.82) is 0 Å². The van der Waals surface area contributed by atoms with E-state index in [0.29, 0.717) is 24.9 Å². The van der Waals surface area contributed by atoms with Crippen LogP contribution < -0.4 is 10.1 Å². The van der Waals surface area contributed by atoms with Gasteiger partial charge < -0.3 is 19.8 Å². The summed E-state index contributed by atoms with van der Waals surface area (Å²) in [5.41, 5.74) is 3.73. The molecular weight excluding hydrogens is 390 g/mol. The van der Waals surface area contributed by atoms with Crippen molar-refractivity contribution in [2.24, 2.45) is 0 Å². The van der Waals surface area contributed by atoms with Crippen molar-refractivity contribution < 1.29 is 14.3 Å². The van der Waals surface area contributed by atoms with Crippen LogP contribution in [0.15, 0.2) is 48.5 Å². The highest BCUT2D eigenvalue weighted by Crippen LogP contribution is 2.18. The summed E-state index contributed by atoms with van der Waals surface area (Å²) >= 11 is 0. The molecular formula is C25H31N3O3. The first-order chi connectivity index (χ1) is 15.1. The number of carbonyl (C=O) groups excluding carboxylic acids is 1. The number of carbonyl (C=O) groups is 1. The first-order valence-corrected chi connectivity index (χ1v) is 11.0. The molecule has 164 valence electrons. The van der Waals surface area contributed by atoms with E-state index >= 15 is 0 Å². The summed E-state index contributed by atoms with van der Waals surface area (Å²) in [6.45, 7) is 5.71. The Hall–Kier alpha value is -2.83. The lowest BCUT2D eigenvalue weighted by atomic mass is 10.1. The molecule has 1 aliphatic heterocycles. The van der Waals surface area contributed by atoms with Crippen molar-refractivity contribution in [2.45, 2.75) is 32.4 Å². The largest absolute Gasteiger partial charge is 0.492 e. The number of rotatable bonds is 8. The van der Waals surface area contributed by atoms with Crippen molar-refractivity contribution in [3.8, 4) is 5.75 Å². The van der Waals surface area contributed by atoms with Gasteiger partial charge in [0, 0.05) is 43.2 Å². The van der Waals surface area contributed by atoms with Crippen LogP contribution in [-0.4, -0.2) is 55.2 Å². The number of aromatic amines is 1. The number of nitrogens with zero attached hydrogens (tertiary/aromatic N) is 1. The number of ether oxygens (including phenoxy) is 2. The topological polar surface area (TPSA) is 66.6 Å². The lowest BCUT2D eigenvalue weighted by Gasteiger charge is -2.31. The van der Waals surface area contributed by atoms with Crippen LogP contribution in [0.1, 0.15) is 34.5 Å². The van der Waals surface area contributed by atoms with E-state index in [1.807, 2.05) is 55.5 Å². The Morgan fingerprint density at radius 1 is 1.19 bits per heavy atom. The normalized spacial score (nSPS) is 14.8. The molecule has 2 N–H and O–H groups in total. The van der Waals surface area contributed by atoms with Crippen LogP contribution in [0.2, 0.25) is 0 Å². The molecule has 0 spiro atoms. The van der Waals surface area contributed by atoms with E-state index in [0.717, 1.165) is 60.4 Å². The number of amides is 1. The maximum atomic E-state index is 12.6. The second-order valence-electron chi connectivity index (χ2n) is 8.28. The van der Waals surface area contributed by atoms with Crippen LogP contribution >= 0.6 is 0 Å². The Bertz CT molecular complexity index is 1020. The summed E-state index contributed by atoms with van der Waals surface area (Å²) in [5.74, 6) is 0.714. The fourth-order valence-corrected chi connectivity index (χ4v) is 4.00. The highest BCUT2D eigenvalue weighted by atomic mass is 16.5. The van der Waals surface area contributed by atoms with E-state index in [4.69, 9.17) is 9.47 Å². The zero-order chi connectivity index (χ0) is 21.6. The zero-order valence-corrected chi connectivity index (χ0v) is 18.3. The van der Waals surface area contributed by atoms with Gasteiger partial charge in [-0.25, -0.2) is 0 Å². The molecule has 3 aromatic rings. The molecule has 6 nitrogen and oxygen atoms in total. The third-order valence-electron chi connectivity index (χ3n) is 5.90. The summed E-state index contributed by atoms with van der Waals surface area (Å²) in [6.07, 6.45) is 2.17. The standard InChI is InChI=1S/C25H31N3O3/c1-18-6-7-20-16-24(27-23(20)14-18)25(29)26-17-19-4-3-5-22(15-19)31-13-10-28(2)21-8-11-30-12-9-21/h3-7,14-16,21,27H,8-13,17H2,1-2H3,(H,26,29). The fraction of sp³-hybridized carbons (Fsp3) is 0.400. The van der Waals surface area contributed by atoms with Gasteiger partial charge in [-0.2, -0.15) is 0 Å². The highest BCUT2D eigenvalue weighted by Gasteiger charge is 2.18. The number of likely N-dealkylation sites (N-methyl/N-ethyl adjacent to an activating group) is 1. The lowest BCUT2D eigenvalue weighted by molar-refractivity contribution is 0.0392. The van der Waals surface area contributed by atoms with E-state index in [1.54, 1.807) is 0 Å². The first-order valence-electron chi connectivity index (χ1n) is 11.0. The minimum atomic E-state index is -0.113. The first kappa shape index (κ1) is 21.4. The van der Waals surface area contributed by atoms with E-state index in [-0.39, 0.29) is 5.91 Å². The number of fused-ring (bicyclic) bond motifs is 1. The van der Waals surface area contributed by atoms with E-state index in [1.165, 1.54) is 0 Å². The Balaban J connectivity index is 1.27. The van der Waals surface area contributed by atoms with Gasteiger partial charge in [0.25, 0.3) is 5.91 Å². The number of hydrogen-bond donors (Lipinski definition) is 2. The number of H-pyrrole nitrogens is 1. The second-order valence-corrected chi connectivity index (χ2v) is 8.28. The molecule has 1 fully saturated rings. The van der Waals surface area contributed by atoms with Crippen LogP contribution in [0, 0.1) is 6.92 Å². The van der Waals surface area contributed by atoms with Gasteiger partial charge in [0.15, 0.2) is 0 Å². The summed E-state index contributed by atoms with van der Waals surface area (Å²) in [7, 11) is 2.15. The molecule has 0 radical (unpaired) electrons. The molecule has 1 aromatic heterocycles. The van der Waals surface area contributed by atoms with Crippen LogP contribution in [0.25, 0.3) is 10.9 Å². The molecule has 2 heterocycles. The SMILES string of the molecule is Cc1ccc2cc(C(=O)NCc3cccc(OCCN(C)C4CCOCC4)c3)[nH]c2c1. The maximum absolute atomic E-state index is 12.6. The third-order valence-corrected chi connectivity index (χ3v) is 5.90. The summed E-state index contributed by atoms with van der Waals surface area (Å²) in [5, 5.41) is 4.03. The molecule has 4 rings (SSSR count). The number of benzene rings is 2. The van der Waals surface area contributed by atoms with Crippen LogP contribution in [0.5, 0.6) is 5.75 Å². The highest BCUT2D eigenvalue weighted by molar-refractivity contribution is 5.98. The average molecular weight is 422 g/mol. The van der Waals surface area contributed by atoms with Crippen LogP contribution in [-0.2, 0) is 11.3 Å². The van der Waals surface area contributed by atoms with Crippen molar-refractivity contribution in [3.63, 3.8) is 0 Å². The van der Waals surface area contributed by atoms with Crippen LogP contribution in [0.3, 0.4) is 0 Å². The maximum Gasteiger partial charge on any atom is 0.267 e. The molecule has 31 heavy (non-hydrogen) atoms. The van der Waals surface area contributed by atoms with Crippen molar-refractivity contribution in [1.82, 2.24) is 15.2 Å². The van der Waals surface area contributed by atoms with Crippen LogP contribution in [0.4, 0.5) is 0 Å². The Morgan fingerprint density at radius 3 is 2.87 bits per heavy atom. The third kappa shape index (κ3) is 5.66. The molecule has 1 saturated heterocycles. The monoisotopic (exact) mass is 421 g/mol. The molecule has 0 unspecified atom stereocenters. The van der Waals surface area contributed by atoms with Crippen molar-refractivity contribution >= 4 is 16.8 Å². The van der Waals surface area contributed by atoms with Crippen molar-refractivity contribution in [2.75, 3.05) is 33.4 Å². The zero-order valence-electron chi connectivity index (χ0n) is 18.3. The second kappa shape index (κ2) is 9.98. The van der Waals surface area contributed by atoms with Gasteiger partial charge in [-0.1, -0.05) is 24.3 Å².